The zero-order valence-electron chi connectivity index (χ0n) is 12.2. The second-order valence-electron chi connectivity index (χ2n) is 4.88. The fraction of sp³-hybridized carbons (Fsp3) is 0.533. The molecule has 2 unspecified atom stereocenters. The summed E-state index contributed by atoms with van der Waals surface area (Å²) >= 11 is 0. The molecule has 0 fully saturated rings. The van der Waals surface area contributed by atoms with Gasteiger partial charge in [-0.25, -0.2) is 4.79 Å². The topological polar surface area (TPSA) is 85.2 Å². The van der Waals surface area contributed by atoms with Crippen molar-refractivity contribution in [2.45, 2.75) is 32.5 Å². The Bertz CT molecular complexity index is 513. The van der Waals surface area contributed by atoms with Crippen molar-refractivity contribution in [2.24, 2.45) is 0 Å². The molecule has 2 N–H and O–H groups in total. The zero-order valence-corrected chi connectivity index (χ0v) is 12.2. The van der Waals surface area contributed by atoms with E-state index in [1.807, 2.05) is 19.9 Å². The lowest BCUT2D eigenvalue weighted by Crippen LogP contribution is -2.18. The molecule has 0 saturated carbocycles. The van der Waals surface area contributed by atoms with Crippen molar-refractivity contribution in [3.8, 4) is 11.5 Å². The summed E-state index contributed by atoms with van der Waals surface area (Å²) in [5.41, 5.74) is 1.41. The Balaban J connectivity index is 2.39. The Hall–Kier alpha value is -1.79. The van der Waals surface area contributed by atoms with Crippen LogP contribution in [0.3, 0.4) is 0 Å². The smallest absolute Gasteiger partial charge is 0.337 e. The van der Waals surface area contributed by atoms with E-state index in [2.05, 4.69) is 0 Å². The molecule has 21 heavy (non-hydrogen) atoms. The van der Waals surface area contributed by atoms with Gasteiger partial charge in [0, 0.05) is 17.5 Å². The number of aliphatic carboxylic acids is 1. The quantitative estimate of drug-likeness (QED) is 0.794. The number of carboxylic acid groups (broad SMARTS) is 1. The number of carboxylic acids is 1. The fourth-order valence-corrected chi connectivity index (χ4v) is 2.41. The molecule has 0 bridgehead atoms. The SMILES string of the molecule is CCOc1cc2c(cc1C(OCCO)C(=O)O)OC(C)C2. The van der Waals surface area contributed by atoms with Crippen LogP contribution in [0.15, 0.2) is 12.1 Å². The third-order valence-electron chi connectivity index (χ3n) is 3.21. The van der Waals surface area contributed by atoms with Gasteiger partial charge in [0.2, 0.25) is 0 Å². The van der Waals surface area contributed by atoms with Gasteiger partial charge in [0.15, 0.2) is 6.10 Å². The van der Waals surface area contributed by atoms with Gasteiger partial charge < -0.3 is 24.4 Å². The average Bonchev–Trinajstić information content (AvgIpc) is 2.78. The highest BCUT2D eigenvalue weighted by atomic mass is 16.5. The summed E-state index contributed by atoms with van der Waals surface area (Å²) in [7, 11) is 0. The van der Waals surface area contributed by atoms with Crippen LogP contribution >= 0.6 is 0 Å². The lowest BCUT2D eigenvalue weighted by molar-refractivity contribution is -0.151. The summed E-state index contributed by atoms with van der Waals surface area (Å²) < 4.78 is 16.4. The van der Waals surface area contributed by atoms with Crippen LogP contribution in [0.5, 0.6) is 11.5 Å². The number of hydrogen-bond donors (Lipinski definition) is 2. The van der Waals surface area contributed by atoms with Crippen LogP contribution in [-0.2, 0) is 16.0 Å². The number of fused-ring (bicyclic) bond motifs is 1. The molecule has 116 valence electrons. The molecule has 0 aromatic heterocycles. The van der Waals surface area contributed by atoms with E-state index in [1.54, 1.807) is 6.07 Å². The van der Waals surface area contributed by atoms with E-state index in [9.17, 15) is 9.90 Å². The molecule has 0 saturated heterocycles. The Morgan fingerprint density at radius 1 is 1.52 bits per heavy atom. The van der Waals surface area contributed by atoms with Crippen LogP contribution in [0.25, 0.3) is 0 Å². The summed E-state index contributed by atoms with van der Waals surface area (Å²) in [5, 5.41) is 18.2. The van der Waals surface area contributed by atoms with Crippen molar-refractivity contribution in [3.05, 3.63) is 23.3 Å². The van der Waals surface area contributed by atoms with E-state index >= 15 is 0 Å². The molecule has 6 nitrogen and oxygen atoms in total. The normalized spacial score (nSPS) is 18.0. The van der Waals surface area contributed by atoms with E-state index in [0.717, 1.165) is 12.0 Å². The first kappa shape index (κ1) is 15.6. The molecule has 1 aliphatic rings. The average molecular weight is 296 g/mol. The van der Waals surface area contributed by atoms with E-state index in [1.165, 1.54) is 0 Å². The van der Waals surface area contributed by atoms with E-state index in [0.29, 0.717) is 23.7 Å². The molecular weight excluding hydrogens is 276 g/mol. The predicted molar refractivity (Wildman–Crippen MR) is 74.8 cm³/mol. The summed E-state index contributed by atoms with van der Waals surface area (Å²) in [6, 6.07) is 3.48. The maximum atomic E-state index is 11.4. The highest BCUT2D eigenvalue weighted by molar-refractivity contribution is 5.76. The standard InChI is InChI=1S/C15H20O6/c1-3-19-13-7-10-6-9(2)21-12(10)8-11(13)14(15(17)18)20-5-4-16/h7-9,14,16H,3-6H2,1-2H3,(H,17,18). The van der Waals surface area contributed by atoms with Gasteiger partial charge in [0.1, 0.15) is 17.6 Å². The molecule has 1 aromatic carbocycles. The fourth-order valence-electron chi connectivity index (χ4n) is 2.41. The minimum Gasteiger partial charge on any atom is -0.493 e. The summed E-state index contributed by atoms with van der Waals surface area (Å²) in [5.74, 6) is 0.0227. The highest BCUT2D eigenvalue weighted by Crippen LogP contribution is 2.38. The van der Waals surface area contributed by atoms with Crippen molar-refractivity contribution >= 4 is 5.97 Å². The van der Waals surface area contributed by atoms with E-state index < -0.39 is 12.1 Å². The summed E-state index contributed by atoms with van der Waals surface area (Å²) in [6.07, 6.45) is -0.361. The third-order valence-corrected chi connectivity index (χ3v) is 3.21. The van der Waals surface area contributed by atoms with Gasteiger partial charge in [-0.05, 0) is 26.0 Å². The molecule has 2 atom stereocenters. The molecule has 2 rings (SSSR count). The second kappa shape index (κ2) is 6.78. The number of aliphatic hydroxyl groups excluding tert-OH is 1. The van der Waals surface area contributed by atoms with Crippen molar-refractivity contribution in [2.75, 3.05) is 19.8 Å². The lowest BCUT2D eigenvalue weighted by atomic mass is 10.0. The minimum absolute atomic E-state index is 0.0587. The lowest BCUT2D eigenvalue weighted by Gasteiger charge is -2.18. The monoisotopic (exact) mass is 296 g/mol. The first-order valence-electron chi connectivity index (χ1n) is 6.98. The van der Waals surface area contributed by atoms with E-state index in [-0.39, 0.29) is 19.3 Å². The van der Waals surface area contributed by atoms with Gasteiger partial charge in [-0.1, -0.05) is 0 Å². The minimum atomic E-state index is -1.19. The number of hydrogen-bond acceptors (Lipinski definition) is 5. The van der Waals surface area contributed by atoms with Gasteiger partial charge in [-0.2, -0.15) is 0 Å². The molecule has 1 heterocycles. The number of aliphatic hydroxyl groups is 1. The molecule has 0 aliphatic carbocycles. The van der Waals surface area contributed by atoms with Crippen molar-refractivity contribution in [1.29, 1.82) is 0 Å². The van der Waals surface area contributed by atoms with Crippen molar-refractivity contribution in [3.63, 3.8) is 0 Å². The zero-order chi connectivity index (χ0) is 15.4. The van der Waals surface area contributed by atoms with E-state index in [4.69, 9.17) is 19.3 Å². The molecule has 1 aliphatic heterocycles. The van der Waals surface area contributed by atoms with Gasteiger partial charge in [0.05, 0.1) is 19.8 Å². The van der Waals surface area contributed by atoms with Gasteiger partial charge in [0.25, 0.3) is 0 Å². The Kier molecular flexibility index (Phi) is 5.03. The summed E-state index contributed by atoms with van der Waals surface area (Å²) in [6.45, 7) is 3.91. The Morgan fingerprint density at radius 2 is 2.29 bits per heavy atom. The van der Waals surface area contributed by atoms with Gasteiger partial charge in [-0.3, -0.25) is 0 Å². The van der Waals surface area contributed by atoms with Crippen LogP contribution in [0.4, 0.5) is 0 Å². The highest BCUT2D eigenvalue weighted by Gasteiger charge is 2.29. The number of rotatable bonds is 7. The first-order chi connectivity index (χ1) is 10.1. The van der Waals surface area contributed by atoms with Crippen molar-refractivity contribution in [1.82, 2.24) is 0 Å². The molecule has 6 heteroatoms. The molecule has 0 spiro atoms. The predicted octanol–water partition coefficient (Wildman–Crippen LogP) is 1.54. The summed E-state index contributed by atoms with van der Waals surface area (Å²) in [4.78, 5) is 11.4. The van der Waals surface area contributed by atoms with Gasteiger partial charge >= 0.3 is 5.97 Å². The van der Waals surface area contributed by atoms with Crippen LogP contribution in [-0.4, -0.2) is 42.1 Å². The molecule has 0 radical (unpaired) electrons. The molecule has 0 amide bonds. The maximum Gasteiger partial charge on any atom is 0.337 e. The van der Waals surface area contributed by atoms with Gasteiger partial charge in [-0.15, -0.1) is 0 Å². The van der Waals surface area contributed by atoms with Crippen LogP contribution in [0.1, 0.15) is 31.1 Å². The second-order valence-corrected chi connectivity index (χ2v) is 4.88. The Labute approximate surface area is 123 Å². The molecule has 1 aromatic rings. The van der Waals surface area contributed by atoms with Crippen LogP contribution in [0.2, 0.25) is 0 Å². The first-order valence-corrected chi connectivity index (χ1v) is 6.98. The number of carbonyl (C=O) groups is 1. The third kappa shape index (κ3) is 3.46. The van der Waals surface area contributed by atoms with Crippen LogP contribution < -0.4 is 9.47 Å². The molecular formula is C15H20O6. The Morgan fingerprint density at radius 3 is 2.90 bits per heavy atom. The maximum absolute atomic E-state index is 11.4. The van der Waals surface area contributed by atoms with Crippen LogP contribution in [0, 0.1) is 0 Å². The number of benzene rings is 1. The largest absolute Gasteiger partial charge is 0.493 e. The van der Waals surface area contributed by atoms with Crippen molar-refractivity contribution < 1.29 is 29.2 Å². The number of ether oxygens (including phenoxy) is 3.